The van der Waals surface area contributed by atoms with Crippen LogP contribution < -0.4 is 16.2 Å². The van der Waals surface area contributed by atoms with Crippen LogP contribution >= 0.6 is 0 Å². The fourth-order valence-corrected chi connectivity index (χ4v) is 0.835. The standard InChI is InChI=1S/C7H5F3N4O/c8-7(9,10)15-5-4(12)3(1-11)2-14-6(5)13/h2H,(H4,12,13,14). The molecule has 4 N–H and O–H groups in total. The van der Waals surface area contributed by atoms with E-state index in [2.05, 4.69) is 9.72 Å². The molecule has 0 aromatic carbocycles. The summed E-state index contributed by atoms with van der Waals surface area (Å²) in [6.07, 6.45) is -3.97. The van der Waals surface area contributed by atoms with E-state index in [1.54, 1.807) is 6.07 Å². The van der Waals surface area contributed by atoms with Gasteiger partial charge in [-0.25, -0.2) is 4.98 Å². The molecule has 1 rings (SSSR count). The Kier molecular flexibility index (Phi) is 2.57. The van der Waals surface area contributed by atoms with E-state index < -0.39 is 23.6 Å². The molecule has 0 spiro atoms. The first-order valence-corrected chi connectivity index (χ1v) is 3.55. The van der Waals surface area contributed by atoms with Gasteiger partial charge in [0.25, 0.3) is 0 Å². The minimum absolute atomic E-state index is 0.233. The molecule has 0 aliphatic carbocycles. The minimum atomic E-state index is -4.93. The molecule has 1 heterocycles. The number of aromatic nitrogens is 1. The molecular weight excluding hydrogens is 213 g/mol. The van der Waals surface area contributed by atoms with E-state index >= 15 is 0 Å². The fourth-order valence-electron chi connectivity index (χ4n) is 0.835. The first-order valence-electron chi connectivity index (χ1n) is 3.55. The van der Waals surface area contributed by atoms with Gasteiger partial charge in [0.05, 0.1) is 11.3 Å². The highest BCUT2D eigenvalue weighted by atomic mass is 19.4. The average Bonchev–Trinajstić information content (AvgIpc) is 2.11. The second-order valence-corrected chi connectivity index (χ2v) is 2.46. The normalized spacial score (nSPS) is 10.8. The van der Waals surface area contributed by atoms with E-state index in [4.69, 9.17) is 16.7 Å². The van der Waals surface area contributed by atoms with Crippen molar-refractivity contribution in [3.8, 4) is 11.8 Å². The predicted octanol–water partition coefficient (Wildman–Crippen LogP) is 1.02. The molecule has 80 valence electrons. The molecule has 0 fully saturated rings. The Balaban J connectivity index is 3.23. The number of halogens is 3. The zero-order chi connectivity index (χ0) is 11.6. The second kappa shape index (κ2) is 3.53. The number of alkyl halides is 3. The number of nitrogen functional groups attached to an aromatic ring is 2. The van der Waals surface area contributed by atoms with Gasteiger partial charge >= 0.3 is 6.36 Å². The van der Waals surface area contributed by atoms with E-state index in [1.165, 1.54) is 0 Å². The maximum Gasteiger partial charge on any atom is 0.573 e. The Morgan fingerprint density at radius 1 is 1.40 bits per heavy atom. The van der Waals surface area contributed by atoms with Gasteiger partial charge in [-0.15, -0.1) is 13.2 Å². The van der Waals surface area contributed by atoms with Crippen LogP contribution in [-0.2, 0) is 0 Å². The van der Waals surface area contributed by atoms with Gasteiger partial charge in [0, 0.05) is 6.20 Å². The number of nitrogens with two attached hydrogens (primary N) is 2. The SMILES string of the molecule is N#Cc1cnc(N)c(OC(F)(F)F)c1N. The molecule has 0 aliphatic rings. The first-order chi connectivity index (χ1) is 6.85. The number of nitrogens with zero attached hydrogens (tertiary/aromatic N) is 2. The van der Waals surface area contributed by atoms with Crippen LogP contribution in [0.3, 0.4) is 0 Å². The second-order valence-electron chi connectivity index (χ2n) is 2.46. The molecule has 15 heavy (non-hydrogen) atoms. The van der Waals surface area contributed by atoms with Crippen molar-refractivity contribution in [3.05, 3.63) is 11.8 Å². The van der Waals surface area contributed by atoms with Crippen molar-refractivity contribution in [1.82, 2.24) is 4.98 Å². The van der Waals surface area contributed by atoms with Crippen molar-refractivity contribution in [2.75, 3.05) is 11.5 Å². The third-order valence-corrected chi connectivity index (χ3v) is 1.44. The maximum atomic E-state index is 11.9. The number of rotatable bonds is 1. The summed E-state index contributed by atoms with van der Waals surface area (Å²) in [5, 5.41) is 8.48. The molecule has 1 aromatic heterocycles. The van der Waals surface area contributed by atoms with Crippen LogP contribution in [-0.4, -0.2) is 11.3 Å². The Labute approximate surface area is 82.1 Å². The molecule has 0 radical (unpaired) electrons. The Hall–Kier alpha value is -2.17. The van der Waals surface area contributed by atoms with Gasteiger partial charge in [0.1, 0.15) is 6.07 Å². The third kappa shape index (κ3) is 2.40. The predicted molar refractivity (Wildman–Crippen MR) is 44.5 cm³/mol. The lowest BCUT2D eigenvalue weighted by Gasteiger charge is -2.12. The van der Waals surface area contributed by atoms with Crippen molar-refractivity contribution in [3.63, 3.8) is 0 Å². The summed E-state index contributed by atoms with van der Waals surface area (Å²) < 4.78 is 39.2. The van der Waals surface area contributed by atoms with E-state index in [1.807, 2.05) is 0 Å². The summed E-state index contributed by atoms with van der Waals surface area (Å²) in [4.78, 5) is 3.35. The molecule has 0 bridgehead atoms. The summed E-state index contributed by atoms with van der Waals surface area (Å²) >= 11 is 0. The number of nitriles is 1. The van der Waals surface area contributed by atoms with E-state index in [9.17, 15) is 13.2 Å². The van der Waals surface area contributed by atoms with E-state index in [0.29, 0.717) is 0 Å². The molecule has 0 amide bonds. The van der Waals surface area contributed by atoms with Gasteiger partial charge in [-0.1, -0.05) is 0 Å². The van der Waals surface area contributed by atoms with Crippen molar-refractivity contribution in [2.45, 2.75) is 6.36 Å². The fraction of sp³-hybridized carbons (Fsp3) is 0.143. The van der Waals surface area contributed by atoms with Crippen LogP contribution in [0.25, 0.3) is 0 Å². The summed E-state index contributed by atoms with van der Waals surface area (Å²) in [5.74, 6) is -1.37. The zero-order valence-electron chi connectivity index (χ0n) is 7.17. The van der Waals surface area contributed by atoms with Crippen molar-refractivity contribution >= 4 is 11.5 Å². The highest BCUT2D eigenvalue weighted by Gasteiger charge is 2.33. The number of hydrogen-bond donors (Lipinski definition) is 2. The summed E-state index contributed by atoms with van der Waals surface area (Å²) in [5.41, 5.74) is 9.64. The highest BCUT2D eigenvalue weighted by Crippen LogP contribution is 2.34. The van der Waals surface area contributed by atoms with Crippen LogP contribution in [0.2, 0.25) is 0 Å². The third-order valence-electron chi connectivity index (χ3n) is 1.44. The van der Waals surface area contributed by atoms with Crippen LogP contribution in [0, 0.1) is 11.3 Å². The maximum absolute atomic E-state index is 11.9. The Bertz CT molecular complexity index is 423. The first kappa shape index (κ1) is 10.9. The molecule has 0 unspecified atom stereocenters. The van der Waals surface area contributed by atoms with Gasteiger partial charge in [-0.3, -0.25) is 0 Å². The van der Waals surface area contributed by atoms with Gasteiger partial charge in [-0.2, -0.15) is 5.26 Å². The van der Waals surface area contributed by atoms with Gasteiger partial charge in [0.2, 0.25) is 0 Å². The molecular formula is C7H5F3N4O. The topological polar surface area (TPSA) is 98.0 Å². The molecule has 0 saturated heterocycles. The lowest BCUT2D eigenvalue weighted by molar-refractivity contribution is -0.274. The molecule has 5 nitrogen and oxygen atoms in total. The van der Waals surface area contributed by atoms with E-state index in [-0.39, 0.29) is 5.56 Å². The summed E-state index contributed by atoms with van der Waals surface area (Å²) in [6, 6.07) is 1.56. The summed E-state index contributed by atoms with van der Waals surface area (Å²) in [7, 11) is 0. The lowest BCUT2D eigenvalue weighted by atomic mass is 10.2. The quantitative estimate of drug-likeness (QED) is 0.733. The lowest BCUT2D eigenvalue weighted by Crippen LogP contribution is -2.19. The molecule has 0 saturated carbocycles. The monoisotopic (exact) mass is 218 g/mol. The average molecular weight is 218 g/mol. The molecule has 8 heteroatoms. The Morgan fingerprint density at radius 3 is 2.47 bits per heavy atom. The van der Waals surface area contributed by atoms with Crippen molar-refractivity contribution in [2.24, 2.45) is 0 Å². The number of pyridine rings is 1. The number of anilines is 2. The molecule has 0 atom stereocenters. The van der Waals surface area contributed by atoms with Crippen molar-refractivity contribution < 1.29 is 17.9 Å². The van der Waals surface area contributed by atoms with Crippen LogP contribution in [0.4, 0.5) is 24.7 Å². The van der Waals surface area contributed by atoms with Gasteiger partial charge in [0.15, 0.2) is 11.6 Å². The molecule has 1 aromatic rings. The number of hydrogen-bond acceptors (Lipinski definition) is 5. The van der Waals surface area contributed by atoms with Crippen LogP contribution in [0.5, 0.6) is 5.75 Å². The zero-order valence-corrected chi connectivity index (χ0v) is 7.17. The minimum Gasteiger partial charge on any atom is -0.400 e. The highest BCUT2D eigenvalue weighted by molar-refractivity contribution is 5.69. The van der Waals surface area contributed by atoms with Gasteiger partial charge < -0.3 is 16.2 Å². The smallest absolute Gasteiger partial charge is 0.400 e. The van der Waals surface area contributed by atoms with Gasteiger partial charge in [-0.05, 0) is 0 Å². The summed E-state index contributed by atoms with van der Waals surface area (Å²) in [6.45, 7) is 0. The Morgan fingerprint density at radius 2 is 2.00 bits per heavy atom. The van der Waals surface area contributed by atoms with E-state index in [0.717, 1.165) is 6.20 Å². The molecule has 0 aliphatic heterocycles. The number of ether oxygens (including phenoxy) is 1. The van der Waals surface area contributed by atoms with Crippen molar-refractivity contribution in [1.29, 1.82) is 5.26 Å². The van der Waals surface area contributed by atoms with Crippen LogP contribution in [0.15, 0.2) is 6.20 Å². The van der Waals surface area contributed by atoms with Crippen LogP contribution in [0.1, 0.15) is 5.56 Å². The largest absolute Gasteiger partial charge is 0.573 e.